The molecule has 0 bridgehead atoms. The first-order valence-electron chi connectivity index (χ1n) is 6.82. The van der Waals surface area contributed by atoms with Gasteiger partial charge in [0.05, 0.1) is 10.9 Å². The van der Waals surface area contributed by atoms with Crippen molar-refractivity contribution >= 4 is 39.0 Å². The zero-order chi connectivity index (χ0) is 15.4. The largest absolute Gasteiger partial charge is 0.306 e. The maximum absolute atomic E-state index is 12.0. The average Bonchev–Trinajstić information content (AvgIpc) is 2.54. The Hall–Kier alpha value is -2.46. The highest BCUT2D eigenvalue weighted by Crippen LogP contribution is 2.14. The molecule has 1 heterocycles. The van der Waals surface area contributed by atoms with Crippen LogP contribution in [0.5, 0.6) is 0 Å². The highest BCUT2D eigenvalue weighted by Gasteiger charge is 2.00. The van der Waals surface area contributed by atoms with Crippen molar-refractivity contribution in [3.63, 3.8) is 0 Å². The monoisotopic (exact) mass is 352 g/mol. The number of allylic oxidation sites excluding steroid dienone is 2. The summed E-state index contributed by atoms with van der Waals surface area (Å²) in [5.74, 6) is 0.530. The minimum Gasteiger partial charge on any atom is -0.306 e. The van der Waals surface area contributed by atoms with Gasteiger partial charge in [-0.25, -0.2) is 4.98 Å². The Morgan fingerprint density at radius 1 is 1.05 bits per heavy atom. The van der Waals surface area contributed by atoms with Crippen LogP contribution in [-0.4, -0.2) is 9.97 Å². The fourth-order valence-corrected chi connectivity index (χ4v) is 2.50. The van der Waals surface area contributed by atoms with E-state index in [0.717, 1.165) is 10.0 Å². The zero-order valence-corrected chi connectivity index (χ0v) is 13.2. The topological polar surface area (TPSA) is 45.8 Å². The van der Waals surface area contributed by atoms with E-state index in [1.807, 2.05) is 60.7 Å². The molecule has 0 aliphatic heterocycles. The molecule has 0 amide bonds. The van der Waals surface area contributed by atoms with E-state index < -0.39 is 0 Å². The van der Waals surface area contributed by atoms with Crippen LogP contribution in [0.15, 0.2) is 70.0 Å². The summed E-state index contributed by atoms with van der Waals surface area (Å²) in [5.41, 5.74) is 1.65. The Morgan fingerprint density at radius 3 is 2.59 bits per heavy atom. The van der Waals surface area contributed by atoms with E-state index in [2.05, 4.69) is 25.9 Å². The molecule has 0 spiro atoms. The van der Waals surface area contributed by atoms with Crippen LogP contribution in [0.2, 0.25) is 0 Å². The van der Waals surface area contributed by atoms with E-state index in [1.54, 1.807) is 12.1 Å². The van der Waals surface area contributed by atoms with E-state index in [-0.39, 0.29) is 5.56 Å². The first-order valence-corrected chi connectivity index (χ1v) is 7.61. The van der Waals surface area contributed by atoms with Gasteiger partial charge in [0.25, 0.3) is 5.56 Å². The second-order valence-corrected chi connectivity index (χ2v) is 5.66. The molecule has 2 aromatic carbocycles. The number of nitrogens with zero attached hydrogens (tertiary/aromatic N) is 1. The van der Waals surface area contributed by atoms with Gasteiger partial charge in [-0.15, -0.1) is 0 Å². The Morgan fingerprint density at radius 2 is 1.77 bits per heavy atom. The average molecular weight is 353 g/mol. The number of benzene rings is 2. The van der Waals surface area contributed by atoms with Crippen molar-refractivity contribution in [3.8, 4) is 0 Å². The molecule has 4 heteroatoms. The number of hydrogen-bond acceptors (Lipinski definition) is 2. The van der Waals surface area contributed by atoms with Crippen molar-refractivity contribution in [3.05, 3.63) is 86.9 Å². The molecule has 22 heavy (non-hydrogen) atoms. The lowest BCUT2D eigenvalue weighted by atomic mass is 10.2. The van der Waals surface area contributed by atoms with Gasteiger partial charge in [0.2, 0.25) is 0 Å². The standard InChI is InChI=1S/C18H13BrN2O/c19-14(12-13-6-2-1-3-7-13)10-11-17-20-16-9-5-4-8-15(16)18(22)21-17/h1-12H,(H,20,21,22). The van der Waals surface area contributed by atoms with Crippen LogP contribution in [-0.2, 0) is 0 Å². The minimum atomic E-state index is -0.131. The summed E-state index contributed by atoms with van der Waals surface area (Å²) in [6, 6.07) is 17.3. The van der Waals surface area contributed by atoms with Gasteiger partial charge in [0.15, 0.2) is 0 Å². The number of aromatic amines is 1. The maximum Gasteiger partial charge on any atom is 0.259 e. The van der Waals surface area contributed by atoms with E-state index in [1.165, 1.54) is 0 Å². The number of aromatic nitrogens is 2. The molecule has 0 atom stereocenters. The van der Waals surface area contributed by atoms with Gasteiger partial charge in [-0.2, -0.15) is 0 Å². The van der Waals surface area contributed by atoms with Gasteiger partial charge in [0, 0.05) is 4.48 Å². The van der Waals surface area contributed by atoms with Crippen LogP contribution >= 0.6 is 15.9 Å². The van der Waals surface area contributed by atoms with Crippen molar-refractivity contribution in [2.75, 3.05) is 0 Å². The molecular formula is C18H13BrN2O. The summed E-state index contributed by atoms with van der Waals surface area (Å²) in [4.78, 5) is 19.2. The molecule has 1 aromatic heterocycles. The highest BCUT2D eigenvalue weighted by molar-refractivity contribution is 9.12. The fourth-order valence-electron chi connectivity index (χ4n) is 2.10. The van der Waals surface area contributed by atoms with Gasteiger partial charge in [-0.3, -0.25) is 4.79 Å². The van der Waals surface area contributed by atoms with Crippen LogP contribution in [0.25, 0.3) is 23.1 Å². The fraction of sp³-hybridized carbons (Fsp3) is 0. The van der Waals surface area contributed by atoms with Crippen molar-refractivity contribution in [2.24, 2.45) is 0 Å². The van der Waals surface area contributed by atoms with E-state index in [0.29, 0.717) is 16.7 Å². The maximum atomic E-state index is 12.0. The van der Waals surface area contributed by atoms with Crippen LogP contribution in [0, 0.1) is 0 Å². The number of halogens is 1. The predicted molar refractivity (Wildman–Crippen MR) is 94.7 cm³/mol. The van der Waals surface area contributed by atoms with E-state index in [4.69, 9.17) is 0 Å². The van der Waals surface area contributed by atoms with Crippen molar-refractivity contribution in [1.29, 1.82) is 0 Å². The number of rotatable bonds is 3. The summed E-state index contributed by atoms with van der Waals surface area (Å²) in [5, 5.41) is 0.596. The lowest BCUT2D eigenvalue weighted by Gasteiger charge is -1.98. The Balaban J connectivity index is 1.89. The highest BCUT2D eigenvalue weighted by atomic mass is 79.9. The Kier molecular flexibility index (Phi) is 4.30. The summed E-state index contributed by atoms with van der Waals surface area (Å²) >= 11 is 3.49. The van der Waals surface area contributed by atoms with Gasteiger partial charge < -0.3 is 4.98 Å². The molecule has 0 radical (unpaired) electrons. The Bertz CT molecular complexity index is 911. The Labute approximate surface area is 136 Å². The molecule has 0 fully saturated rings. The third-order valence-electron chi connectivity index (χ3n) is 3.14. The van der Waals surface area contributed by atoms with Crippen LogP contribution in [0.4, 0.5) is 0 Å². The van der Waals surface area contributed by atoms with Gasteiger partial charge in [-0.1, -0.05) is 58.4 Å². The molecule has 1 N–H and O–H groups in total. The molecule has 0 unspecified atom stereocenters. The van der Waals surface area contributed by atoms with E-state index >= 15 is 0 Å². The molecule has 3 aromatic rings. The van der Waals surface area contributed by atoms with Crippen molar-refractivity contribution in [1.82, 2.24) is 9.97 Å². The van der Waals surface area contributed by atoms with Crippen molar-refractivity contribution in [2.45, 2.75) is 0 Å². The molecule has 108 valence electrons. The smallest absolute Gasteiger partial charge is 0.259 e. The minimum absolute atomic E-state index is 0.131. The van der Waals surface area contributed by atoms with E-state index in [9.17, 15) is 4.79 Å². The normalized spacial score (nSPS) is 12.1. The quantitative estimate of drug-likeness (QED) is 0.711. The first kappa shape index (κ1) is 14.5. The number of nitrogens with one attached hydrogen (secondary N) is 1. The van der Waals surface area contributed by atoms with Gasteiger partial charge in [-0.05, 0) is 35.9 Å². The molecular weight excluding hydrogens is 340 g/mol. The molecule has 0 aliphatic carbocycles. The SMILES string of the molecule is O=c1[nH]c(C=CC(Br)=Cc2ccccc2)nc2ccccc12. The number of fused-ring (bicyclic) bond motifs is 1. The van der Waals surface area contributed by atoms with Crippen LogP contribution < -0.4 is 5.56 Å². The third-order valence-corrected chi connectivity index (χ3v) is 3.63. The molecule has 0 saturated carbocycles. The summed E-state index contributed by atoms with van der Waals surface area (Å²) < 4.78 is 0.898. The first-order chi connectivity index (χ1) is 10.7. The predicted octanol–water partition coefficient (Wildman–Crippen LogP) is 4.37. The zero-order valence-electron chi connectivity index (χ0n) is 11.7. The molecule has 3 nitrogen and oxygen atoms in total. The number of hydrogen-bond donors (Lipinski definition) is 1. The lowest BCUT2D eigenvalue weighted by Crippen LogP contribution is -2.09. The summed E-state index contributed by atoms with van der Waals surface area (Å²) in [7, 11) is 0. The molecule has 0 saturated heterocycles. The molecule has 0 aliphatic rings. The number of para-hydroxylation sites is 1. The summed E-state index contributed by atoms with van der Waals surface area (Å²) in [6.07, 6.45) is 5.63. The second kappa shape index (κ2) is 6.54. The summed E-state index contributed by atoms with van der Waals surface area (Å²) in [6.45, 7) is 0. The van der Waals surface area contributed by atoms with Crippen molar-refractivity contribution < 1.29 is 0 Å². The second-order valence-electron chi connectivity index (χ2n) is 4.74. The van der Waals surface area contributed by atoms with Crippen LogP contribution in [0.1, 0.15) is 11.4 Å². The third kappa shape index (κ3) is 3.40. The van der Waals surface area contributed by atoms with Crippen LogP contribution in [0.3, 0.4) is 0 Å². The lowest BCUT2D eigenvalue weighted by molar-refractivity contribution is 1.14. The van der Waals surface area contributed by atoms with Gasteiger partial charge >= 0.3 is 0 Å². The molecule has 3 rings (SSSR count). The van der Waals surface area contributed by atoms with Gasteiger partial charge in [0.1, 0.15) is 5.82 Å². The number of H-pyrrole nitrogens is 1.